The summed E-state index contributed by atoms with van der Waals surface area (Å²) in [6, 6.07) is 11.4. The summed E-state index contributed by atoms with van der Waals surface area (Å²) in [5, 5.41) is 43.1. The first kappa shape index (κ1) is 22.2. The molecule has 12 heteroatoms. The third kappa shape index (κ3) is 4.60. The maximum Gasteiger partial charge on any atom is 0.269 e. The van der Waals surface area contributed by atoms with E-state index in [1.807, 2.05) is 0 Å². The Morgan fingerprint density at radius 1 is 0.875 bits per heavy atom. The number of aliphatic hydroxyl groups is 2. The van der Waals surface area contributed by atoms with Crippen molar-refractivity contribution >= 4 is 11.4 Å². The monoisotopic (exact) mass is 448 g/mol. The third-order valence-corrected chi connectivity index (χ3v) is 5.21. The highest BCUT2D eigenvalue weighted by atomic mass is 16.7. The minimum Gasteiger partial charge on any atom is -0.388 e. The zero-order valence-corrected chi connectivity index (χ0v) is 16.6. The smallest absolute Gasteiger partial charge is 0.269 e. The average molecular weight is 448 g/mol. The molecule has 0 bridgehead atoms. The summed E-state index contributed by atoms with van der Waals surface area (Å²) in [6.07, 6.45) is -6.47. The van der Waals surface area contributed by atoms with Crippen LogP contribution in [0.1, 0.15) is 23.7 Å². The van der Waals surface area contributed by atoms with Gasteiger partial charge >= 0.3 is 0 Å². The largest absolute Gasteiger partial charge is 0.388 e. The van der Waals surface area contributed by atoms with Crippen molar-refractivity contribution in [1.29, 1.82) is 0 Å². The Balaban J connectivity index is 1.45. The molecule has 2 aromatic rings. The van der Waals surface area contributed by atoms with Crippen molar-refractivity contribution in [2.45, 2.75) is 37.0 Å². The second-order valence-corrected chi connectivity index (χ2v) is 7.37. The maximum absolute atomic E-state index is 11.0. The molecule has 2 N–H and O–H groups in total. The number of hydrogen-bond donors (Lipinski definition) is 2. The summed E-state index contributed by atoms with van der Waals surface area (Å²) in [5.41, 5.74) is 0.505. The number of non-ortho nitro benzene ring substituents is 2. The molecule has 0 radical (unpaired) electrons. The molecule has 2 aliphatic rings. The molecule has 2 aliphatic heterocycles. The number of hydrogen-bond acceptors (Lipinski definition) is 10. The van der Waals surface area contributed by atoms with Gasteiger partial charge < -0.3 is 29.2 Å². The van der Waals surface area contributed by atoms with Crippen LogP contribution < -0.4 is 0 Å². The molecular formula is C20H20N2O10. The molecule has 0 saturated carbocycles. The molecule has 2 aromatic carbocycles. The van der Waals surface area contributed by atoms with Crippen LogP contribution in [0.3, 0.4) is 0 Å². The van der Waals surface area contributed by atoms with E-state index in [1.165, 1.54) is 36.4 Å². The summed E-state index contributed by atoms with van der Waals surface area (Å²) in [7, 11) is 0. The van der Waals surface area contributed by atoms with Gasteiger partial charge in [0.1, 0.15) is 24.4 Å². The first-order valence-corrected chi connectivity index (χ1v) is 9.72. The lowest BCUT2D eigenvalue weighted by atomic mass is 10.0. The standard InChI is InChI=1S/C20H20N2O10/c23-15-9-29-20(12-4-2-6-14(8-12)22(27)28)32-18(15)17(24)16-10-30-19(31-16)11-3-1-5-13(7-11)21(25)26/h1-8,15-20,23-24H,9-10H2/t15-,16+,17-,18-,19?,20?/m1/s1. The molecule has 4 rings (SSSR count). The Labute approximate surface area is 181 Å². The summed E-state index contributed by atoms with van der Waals surface area (Å²) in [4.78, 5) is 20.9. The molecule has 12 nitrogen and oxygen atoms in total. The first-order chi connectivity index (χ1) is 15.3. The quantitative estimate of drug-likeness (QED) is 0.491. The van der Waals surface area contributed by atoms with Crippen LogP contribution in [0.5, 0.6) is 0 Å². The van der Waals surface area contributed by atoms with Gasteiger partial charge in [-0.3, -0.25) is 20.2 Å². The van der Waals surface area contributed by atoms with Crippen molar-refractivity contribution in [2.75, 3.05) is 13.2 Å². The SMILES string of the molecule is O=[N+]([O-])c1cccc(C2OC[C@@H](O)[C@H]([C@H](O)[C@@H]3COC(c4cccc([N+](=O)[O-])c4)O3)O2)c1. The van der Waals surface area contributed by atoms with Crippen molar-refractivity contribution in [3.05, 3.63) is 79.9 Å². The Morgan fingerprint density at radius 3 is 1.97 bits per heavy atom. The van der Waals surface area contributed by atoms with E-state index in [2.05, 4.69) is 0 Å². The highest BCUT2D eigenvalue weighted by molar-refractivity contribution is 5.35. The Kier molecular flexibility index (Phi) is 6.41. The predicted octanol–water partition coefficient (Wildman–Crippen LogP) is 1.75. The van der Waals surface area contributed by atoms with Crippen molar-refractivity contribution in [3.63, 3.8) is 0 Å². The van der Waals surface area contributed by atoms with Gasteiger partial charge in [-0.1, -0.05) is 24.3 Å². The van der Waals surface area contributed by atoms with Gasteiger partial charge in [-0.05, 0) is 0 Å². The van der Waals surface area contributed by atoms with Crippen LogP contribution in [0.15, 0.2) is 48.5 Å². The van der Waals surface area contributed by atoms with E-state index in [9.17, 15) is 30.4 Å². The highest BCUT2D eigenvalue weighted by Crippen LogP contribution is 2.35. The van der Waals surface area contributed by atoms with E-state index in [-0.39, 0.29) is 24.6 Å². The van der Waals surface area contributed by atoms with Gasteiger partial charge in [0.2, 0.25) is 0 Å². The van der Waals surface area contributed by atoms with Crippen molar-refractivity contribution in [3.8, 4) is 0 Å². The first-order valence-electron chi connectivity index (χ1n) is 9.72. The number of aliphatic hydroxyl groups excluding tert-OH is 2. The minimum absolute atomic E-state index is 0.0383. The zero-order chi connectivity index (χ0) is 22.8. The number of rotatable bonds is 6. The van der Waals surface area contributed by atoms with E-state index in [4.69, 9.17) is 18.9 Å². The van der Waals surface area contributed by atoms with Crippen LogP contribution >= 0.6 is 0 Å². The summed E-state index contributed by atoms with van der Waals surface area (Å²) < 4.78 is 22.4. The van der Waals surface area contributed by atoms with Crippen molar-refractivity contribution in [1.82, 2.24) is 0 Å². The second kappa shape index (κ2) is 9.24. The number of nitro groups is 2. The van der Waals surface area contributed by atoms with Crippen molar-refractivity contribution < 1.29 is 39.0 Å². The number of ether oxygens (including phenoxy) is 4. The lowest BCUT2D eigenvalue weighted by Gasteiger charge is -2.37. The van der Waals surface area contributed by atoms with E-state index in [0.29, 0.717) is 11.1 Å². The van der Waals surface area contributed by atoms with Crippen LogP contribution in [0.2, 0.25) is 0 Å². The minimum atomic E-state index is -1.32. The van der Waals surface area contributed by atoms with Gasteiger partial charge in [0.15, 0.2) is 12.6 Å². The van der Waals surface area contributed by atoms with E-state index < -0.39 is 46.8 Å². The van der Waals surface area contributed by atoms with Crippen LogP contribution in [-0.4, -0.2) is 57.7 Å². The van der Waals surface area contributed by atoms with Gasteiger partial charge in [-0.15, -0.1) is 0 Å². The van der Waals surface area contributed by atoms with Crippen LogP contribution in [0.25, 0.3) is 0 Å². The number of nitro benzene ring substituents is 2. The molecular weight excluding hydrogens is 428 g/mol. The van der Waals surface area contributed by atoms with Crippen LogP contribution in [0, 0.1) is 20.2 Å². The Morgan fingerprint density at radius 2 is 1.41 bits per heavy atom. The Hall–Kier alpha value is -3.00. The molecule has 32 heavy (non-hydrogen) atoms. The van der Waals surface area contributed by atoms with Crippen molar-refractivity contribution in [2.24, 2.45) is 0 Å². The molecule has 2 fully saturated rings. The van der Waals surface area contributed by atoms with Crippen LogP contribution in [0.4, 0.5) is 11.4 Å². The van der Waals surface area contributed by atoms with E-state index in [0.717, 1.165) is 0 Å². The molecule has 0 amide bonds. The fourth-order valence-corrected chi connectivity index (χ4v) is 3.59. The molecule has 0 aromatic heterocycles. The Bertz CT molecular complexity index is 1000. The zero-order valence-electron chi connectivity index (χ0n) is 16.6. The fraction of sp³-hybridized carbons (Fsp3) is 0.400. The van der Waals surface area contributed by atoms with Gasteiger partial charge in [-0.2, -0.15) is 0 Å². The fourth-order valence-electron chi connectivity index (χ4n) is 3.59. The molecule has 6 atom stereocenters. The normalized spacial score (nSPS) is 28.9. The maximum atomic E-state index is 11.0. The lowest BCUT2D eigenvalue weighted by molar-refractivity contribution is -0.385. The molecule has 2 unspecified atom stereocenters. The summed E-state index contributed by atoms with van der Waals surface area (Å²) in [5.74, 6) is 0. The molecule has 2 heterocycles. The van der Waals surface area contributed by atoms with Crippen LogP contribution in [-0.2, 0) is 18.9 Å². The van der Waals surface area contributed by atoms with Gasteiger partial charge in [0, 0.05) is 35.4 Å². The number of nitrogens with zero attached hydrogens (tertiary/aromatic N) is 2. The summed E-state index contributed by atoms with van der Waals surface area (Å²) >= 11 is 0. The molecule has 0 spiro atoms. The topological polar surface area (TPSA) is 164 Å². The van der Waals surface area contributed by atoms with Gasteiger partial charge in [-0.25, -0.2) is 0 Å². The lowest BCUT2D eigenvalue weighted by Crippen LogP contribution is -2.52. The molecule has 0 aliphatic carbocycles. The predicted molar refractivity (Wildman–Crippen MR) is 105 cm³/mol. The number of benzene rings is 2. The third-order valence-electron chi connectivity index (χ3n) is 5.21. The van der Waals surface area contributed by atoms with E-state index in [1.54, 1.807) is 12.1 Å². The molecule has 170 valence electrons. The van der Waals surface area contributed by atoms with Gasteiger partial charge in [0.05, 0.1) is 23.1 Å². The summed E-state index contributed by atoms with van der Waals surface area (Å²) in [6.45, 7) is -0.208. The molecule has 2 saturated heterocycles. The van der Waals surface area contributed by atoms with Gasteiger partial charge in [0.25, 0.3) is 11.4 Å². The highest BCUT2D eigenvalue weighted by Gasteiger charge is 2.43. The average Bonchev–Trinajstić information content (AvgIpc) is 3.29. The van der Waals surface area contributed by atoms with E-state index >= 15 is 0 Å². The second-order valence-electron chi connectivity index (χ2n) is 7.37.